The molecule has 0 aromatic rings. The first-order chi connectivity index (χ1) is 4.00. The molecule has 0 bridgehead atoms. The van der Waals surface area contributed by atoms with Gasteiger partial charge in [-0.25, -0.2) is 0 Å². The van der Waals surface area contributed by atoms with E-state index >= 15 is 0 Å². The van der Waals surface area contributed by atoms with Crippen LogP contribution in [0.3, 0.4) is 0 Å². The smallest absolute Gasteiger partial charge is 0.512 e. The second-order valence-electron chi connectivity index (χ2n) is 0. The Morgan fingerprint density at radius 2 is 0.500 bits per heavy atom. The van der Waals surface area contributed by atoms with E-state index in [-0.39, 0.29) is 68.7 Å². The van der Waals surface area contributed by atoms with E-state index in [1.165, 1.54) is 0 Å². The fraction of sp³-hybridized carbons (Fsp3) is 0. The molecule has 10 heavy (non-hydrogen) atoms. The van der Waals surface area contributed by atoms with Gasteiger partial charge >= 0.3 is 68.7 Å². The largest absolute Gasteiger partial charge is 3.00 e. The van der Waals surface area contributed by atoms with Gasteiger partial charge in [0, 0.05) is 0 Å². The van der Waals surface area contributed by atoms with Crippen LogP contribution in [0.5, 0.6) is 0 Å². The normalized spacial score (nSPS) is 0.800. The second kappa shape index (κ2) is 36300. The molecule has 6 heteroatoms. The summed E-state index contributed by atoms with van der Waals surface area (Å²) in [5.41, 5.74) is 0. The van der Waals surface area contributed by atoms with Crippen molar-refractivity contribution < 1.29 is 68.7 Å². The molecule has 1 radical (unpaired) electrons. The van der Waals surface area contributed by atoms with E-state index in [0.29, 0.717) is 0 Å². The maximum atomic E-state index is 6.25. The summed E-state index contributed by atoms with van der Waals surface area (Å²) in [5, 5.41) is 25.0. The Morgan fingerprint density at radius 3 is 0.500 bits per heavy atom. The summed E-state index contributed by atoms with van der Waals surface area (Å²) in [4.78, 5) is 0. The van der Waals surface area contributed by atoms with E-state index in [9.17, 15) is 0 Å². The molecule has 0 aliphatic heterocycles. The van der Waals surface area contributed by atoms with Crippen LogP contribution < -0.4 is 51.4 Å². The third kappa shape index (κ3) is 24900. The molecule has 0 spiro atoms. The first-order valence-corrected chi connectivity index (χ1v) is 0.894. The van der Waals surface area contributed by atoms with E-state index in [2.05, 4.69) is 0 Å². The first kappa shape index (κ1) is 49.5. The molecule has 0 saturated carbocycles. The first-order valence-electron chi connectivity index (χ1n) is 0.894. The zero-order valence-electron chi connectivity index (χ0n) is 5.20. The molecule has 4 nitrogen and oxygen atoms in total. The summed E-state index contributed by atoms with van der Waals surface area (Å²) in [5.74, 6) is 0. The summed E-state index contributed by atoms with van der Waals surface area (Å²) in [6.45, 7) is 19.0. The van der Waals surface area contributed by atoms with Crippen LogP contribution in [0, 0.1) is 47.3 Å². The molecule has 43 valence electrons. The van der Waals surface area contributed by atoms with Crippen LogP contribution >= 0.6 is 0 Å². The second-order valence-corrected chi connectivity index (χ2v) is 0. The van der Waals surface area contributed by atoms with Crippen LogP contribution in [0.2, 0.25) is 0 Å². The van der Waals surface area contributed by atoms with Gasteiger partial charge in [-0.1, -0.05) is 0 Å². The van der Waals surface area contributed by atoms with Gasteiger partial charge in [0.1, 0.15) is 0 Å². The fourth-order valence-corrected chi connectivity index (χ4v) is 0. The Bertz CT molecular complexity index is 60.2. The van der Waals surface area contributed by atoms with Crippen LogP contribution in [0.4, 0.5) is 0 Å². The molecule has 0 amide bonds. The van der Waals surface area contributed by atoms with Crippen LogP contribution in [0.15, 0.2) is 0 Å². The number of hydrogen-bond donors (Lipinski definition) is 0. The molecule has 0 heterocycles. The molecule has 0 rings (SSSR count). The molecule has 0 saturated heterocycles. The monoisotopic (exact) mass is 195 g/mol. The predicted octanol–water partition coefficient (Wildman–Crippen LogP) is -2.61. The van der Waals surface area contributed by atoms with Crippen molar-refractivity contribution >= 4 is 0 Å². The van der Waals surface area contributed by atoms with Gasteiger partial charge in [-0.2, -0.15) is 0 Å². The minimum absolute atomic E-state index is 0. The molecule has 0 aliphatic rings. The van der Waals surface area contributed by atoms with Crippen molar-refractivity contribution in [3.05, 3.63) is 26.3 Å². The number of hydrogen-bond acceptors (Lipinski definition) is 4. The zero-order valence-corrected chi connectivity index (χ0v) is 9.60. The van der Waals surface area contributed by atoms with Gasteiger partial charge in [0.2, 0.25) is 0 Å². The van der Waals surface area contributed by atoms with Crippen molar-refractivity contribution in [2.45, 2.75) is 0 Å². The summed E-state index contributed by atoms with van der Waals surface area (Å²) in [6.07, 6.45) is 0. The third-order valence-corrected chi connectivity index (χ3v) is 0. The molecular weight excluding hydrogens is 195 g/mol. The average Bonchev–Trinajstić information content (AvgIpc) is 2.03. The van der Waals surface area contributed by atoms with Crippen molar-refractivity contribution in [1.82, 2.24) is 0 Å². The number of nitrogens with zero attached hydrogens (tertiary/aromatic N) is 4. The van der Waals surface area contributed by atoms with Crippen LogP contribution in [0.25, 0.3) is 0 Å². The van der Waals surface area contributed by atoms with Gasteiger partial charge in [-0.05, 0) is 0 Å². The van der Waals surface area contributed by atoms with E-state index in [1.807, 2.05) is 0 Å². The summed E-state index contributed by atoms with van der Waals surface area (Å²) < 4.78 is 0. The fourth-order valence-electron chi connectivity index (χ4n) is 0. The maximum absolute atomic E-state index is 6.25. The SMILES string of the molecule is [C-]#N.[C-]#N.[C-]#N.[C-]#N.[Cr+3].[K+]. The van der Waals surface area contributed by atoms with Crippen molar-refractivity contribution in [1.29, 1.82) is 21.0 Å². The molecule has 0 aromatic heterocycles. The van der Waals surface area contributed by atoms with Crippen LogP contribution in [-0.2, 0) is 17.4 Å². The van der Waals surface area contributed by atoms with Gasteiger partial charge in [-0.3, -0.25) is 0 Å². The Balaban J connectivity index is -0.00000000500. The van der Waals surface area contributed by atoms with Crippen LogP contribution in [-0.4, -0.2) is 0 Å². The van der Waals surface area contributed by atoms with Crippen molar-refractivity contribution in [3.63, 3.8) is 0 Å². The Morgan fingerprint density at radius 1 is 0.500 bits per heavy atom. The summed E-state index contributed by atoms with van der Waals surface area (Å²) >= 11 is 0. The molecule has 0 N–H and O–H groups in total. The minimum Gasteiger partial charge on any atom is -0.512 e. The van der Waals surface area contributed by atoms with Crippen LogP contribution in [0.1, 0.15) is 0 Å². The summed E-state index contributed by atoms with van der Waals surface area (Å²) in [7, 11) is 0. The predicted molar refractivity (Wildman–Crippen MR) is 19.9 cm³/mol. The third-order valence-electron chi connectivity index (χ3n) is 0. The molecule has 0 aliphatic carbocycles. The van der Waals surface area contributed by atoms with Crippen molar-refractivity contribution in [2.24, 2.45) is 0 Å². The van der Waals surface area contributed by atoms with Gasteiger partial charge in [0.15, 0.2) is 0 Å². The van der Waals surface area contributed by atoms with E-state index < -0.39 is 0 Å². The van der Waals surface area contributed by atoms with Gasteiger partial charge < -0.3 is 47.3 Å². The molecule has 0 fully saturated rings. The molecule has 0 atom stereocenters. The van der Waals surface area contributed by atoms with E-state index in [0.717, 1.165) is 0 Å². The average molecular weight is 195 g/mol. The topological polar surface area (TPSA) is 95.2 Å². The minimum atomic E-state index is 0. The molecule has 0 unspecified atom stereocenters. The summed E-state index contributed by atoms with van der Waals surface area (Å²) in [6, 6.07) is 0. The van der Waals surface area contributed by atoms with Gasteiger partial charge in [-0.15, -0.1) is 0 Å². The standard InChI is InChI=1S/4CN.Cr.K/c4*1-2;;/q4*-1;+3;+1. The quantitative estimate of drug-likeness (QED) is 0.312. The molecule has 0 aromatic carbocycles. The maximum Gasteiger partial charge on any atom is 3.00 e. The number of rotatable bonds is 0. The van der Waals surface area contributed by atoms with Gasteiger partial charge in [0.05, 0.1) is 0 Å². The Labute approximate surface area is 114 Å². The van der Waals surface area contributed by atoms with Gasteiger partial charge in [0.25, 0.3) is 0 Å². The van der Waals surface area contributed by atoms with Crippen molar-refractivity contribution in [2.75, 3.05) is 0 Å². The van der Waals surface area contributed by atoms with E-state index in [1.54, 1.807) is 0 Å². The van der Waals surface area contributed by atoms with Crippen molar-refractivity contribution in [3.8, 4) is 0 Å². The molecular formula is C4CrKN4. The Kier molecular flexibility index (Phi) is 180000. The Hall–Kier alpha value is 0.129. The van der Waals surface area contributed by atoms with E-state index in [4.69, 9.17) is 47.3 Å². The zero-order chi connectivity index (χ0) is 8.00.